The molecule has 0 radical (unpaired) electrons. The molecule has 4 rings (SSSR count). The minimum absolute atomic E-state index is 0.162. The molecule has 3 aromatic rings. The van der Waals surface area contributed by atoms with Gasteiger partial charge in [-0.2, -0.15) is 0 Å². The molecule has 2 aromatic carbocycles. The summed E-state index contributed by atoms with van der Waals surface area (Å²) < 4.78 is 2.14. The van der Waals surface area contributed by atoms with Crippen molar-refractivity contribution in [1.82, 2.24) is 20.2 Å². The quantitative estimate of drug-likeness (QED) is 0.490. The molecule has 0 saturated heterocycles. The summed E-state index contributed by atoms with van der Waals surface area (Å²) in [4.78, 5) is 22.8. The number of hydrogen-bond donors (Lipinski definition) is 1. The predicted octanol–water partition coefficient (Wildman–Crippen LogP) is 3.60. The molecule has 0 aliphatic heterocycles. The average Bonchev–Trinajstić information content (AvgIpc) is 3.39. The van der Waals surface area contributed by atoms with Gasteiger partial charge in [0.1, 0.15) is 0 Å². The molecule has 1 saturated carbocycles. The topological polar surface area (TPSA) is 116 Å². The number of nitro groups is 1. The summed E-state index contributed by atoms with van der Waals surface area (Å²) in [5.74, 6) is 0.264. The number of nitro benzene ring substituents is 1. The number of rotatable bonds is 5. The zero-order chi connectivity index (χ0) is 19.0. The fraction of sp³-hybridized carbons (Fsp3) is 0.176. The maximum absolute atomic E-state index is 12.4. The summed E-state index contributed by atoms with van der Waals surface area (Å²) in [5.41, 5.74) is 1.46. The molecule has 27 heavy (non-hydrogen) atoms. The lowest BCUT2D eigenvalue weighted by Gasteiger charge is -2.07. The number of carbonyl (C=O) groups is 1. The summed E-state index contributed by atoms with van der Waals surface area (Å²) in [6, 6.07) is 11.7. The largest absolute Gasteiger partial charge is 0.322 e. The molecular weight excluding hydrogens is 416 g/mol. The Bertz CT molecular complexity index is 1030. The van der Waals surface area contributed by atoms with E-state index in [-0.39, 0.29) is 11.3 Å². The standard InChI is InChI=1S/C17H13BrN6O3/c18-14-8-3-11(9-15(14)24(26)27)17(25)19-12-4-1-10(2-5-12)16-20-21-22-23(16)13-6-7-13/h1-5,8-9,13H,6-7H2,(H,19,25). The Morgan fingerprint density at radius 3 is 2.63 bits per heavy atom. The summed E-state index contributed by atoms with van der Waals surface area (Å²) >= 11 is 3.10. The molecule has 9 nitrogen and oxygen atoms in total. The van der Waals surface area contributed by atoms with E-state index in [0.717, 1.165) is 18.4 Å². The highest BCUT2D eigenvalue weighted by Gasteiger charge is 2.28. The van der Waals surface area contributed by atoms with Gasteiger partial charge in [-0.05, 0) is 75.6 Å². The number of hydrogen-bond acceptors (Lipinski definition) is 6. The Kier molecular flexibility index (Phi) is 4.40. The van der Waals surface area contributed by atoms with E-state index in [9.17, 15) is 14.9 Å². The Hall–Kier alpha value is -3.14. The number of amides is 1. The van der Waals surface area contributed by atoms with Gasteiger partial charge in [0.05, 0.1) is 15.4 Å². The highest BCUT2D eigenvalue weighted by molar-refractivity contribution is 9.10. The second kappa shape index (κ2) is 6.88. The second-order valence-corrected chi connectivity index (χ2v) is 6.99. The summed E-state index contributed by atoms with van der Waals surface area (Å²) in [5, 5.41) is 25.6. The highest BCUT2D eigenvalue weighted by atomic mass is 79.9. The summed E-state index contributed by atoms with van der Waals surface area (Å²) in [6.07, 6.45) is 2.15. The molecule has 1 N–H and O–H groups in total. The van der Waals surface area contributed by atoms with Crippen LogP contribution in [0.2, 0.25) is 0 Å². The van der Waals surface area contributed by atoms with Gasteiger partial charge in [0.25, 0.3) is 11.6 Å². The third kappa shape index (κ3) is 3.56. The predicted molar refractivity (Wildman–Crippen MR) is 100 cm³/mol. The van der Waals surface area contributed by atoms with Gasteiger partial charge in [-0.1, -0.05) is 0 Å². The van der Waals surface area contributed by atoms with Gasteiger partial charge < -0.3 is 5.32 Å². The van der Waals surface area contributed by atoms with Crippen LogP contribution in [0.3, 0.4) is 0 Å². The normalized spacial score (nSPS) is 13.4. The number of nitrogens with one attached hydrogen (secondary N) is 1. The monoisotopic (exact) mass is 428 g/mol. The molecule has 1 aliphatic carbocycles. The van der Waals surface area contributed by atoms with Crippen LogP contribution in [0.5, 0.6) is 0 Å². The van der Waals surface area contributed by atoms with Crippen LogP contribution in [-0.4, -0.2) is 31.0 Å². The van der Waals surface area contributed by atoms with Crippen LogP contribution in [0.4, 0.5) is 11.4 Å². The van der Waals surface area contributed by atoms with E-state index in [1.54, 1.807) is 12.1 Å². The van der Waals surface area contributed by atoms with Gasteiger partial charge in [0.2, 0.25) is 0 Å². The van der Waals surface area contributed by atoms with Crippen molar-refractivity contribution in [2.75, 3.05) is 5.32 Å². The first kappa shape index (κ1) is 17.3. The van der Waals surface area contributed by atoms with Gasteiger partial charge in [0.15, 0.2) is 5.82 Å². The number of anilines is 1. The van der Waals surface area contributed by atoms with Crippen molar-refractivity contribution in [3.05, 3.63) is 62.6 Å². The van der Waals surface area contributed by atoms with Crippen molar-refractivity contribution in [2.45, 2.75) is 18.9 Å². The molecule has 0 spiro atoms. The highest BCUT2D eigenvalue weighted by Crippen LogP contribution is 2.36. The second-order valence-electron chi connectivity index (χ2n) is 6.13. The lowest BCUT2D eigenvalue weighted by atomic mass is 10.1. The Morgan fingerprint density at radius 1 is 1.22 bits per heavy atom. The molecule has 10 heteroatoms. The van der Waals surface area contributed by atoms with Gasteiger partial charge in [-0.3, -0.25) is 14.9 Å². The number of aromatic nitrogens is 4. The minimum atomic E-state index is -0.542. The molecule has 1 amide bonds. The molecule has 0 unspecified atom stereocenters. The van der Waals surface area contributed by atoms with E-state index in [4.69, 9.17) is 0 Å². The molecule has 1 fully saturated rings. The lowest BCUT2D eigenvalue weighted by Crippen LogP contribution is -2.12. The minimum Gasteiger partial charge on any atom is -0.322 e. The van der Waals surface area contributed by atoms with Gasteiger partial charge in [-0.25, -0.2) is 4.68 Å². The first-order valence-electron chi connectivity index (χ1n) is 8.16. The molecule has 0 bridgehead atoms. The first-order chi connectivity index (χ1) is 13.0. The number of tetrazole rings is 1. The van der Waals surface area contributed by atoms with Gasteiger partial charge in [-0.15, -0.1) is 5.10 Å². The van der Waals surface area contributed by atoms with E-state index in [0.29, 0.717) is 22.0 Å². The van der Waals surface area contributed by atoms with Crippen LogP contribution in [0.25, 0.3) is 11.4 Å². The Labute approximate surface area is 161 Å². The fourth-order valence-electron chi connectivity index (χ4n) is 2.65. The van der Waals surface area contributed by atoms with Crippen molar-refractivity contribution >= 4 is 33.2 Å². The fourth-order valence-corrected chi connectivity index (χ4v) is 3.04. The van der Waals surface area contributed by atoms with Crippen LogP contribution in [0, 0.1) is 10.1 Å². The zero-order valence-electron chi connectivity index (χ0n) is 13.9. The van der Waals surface area contributed by atoms with E-state index >= 15 is 0 Å². The van der Waals surface area contributed by atoms with Crippen LogP contribution >= 0.6 is 15.9 Å². The molecular formula is C17H13BrN6O3. The average molecular weight is 429 g/mol. The Morgan fingerprint density at radius 2 is 1.96 bits per heavy atom. The smallest absolute Gasteiger partial charge is 0.284 e. The maximum Gasteiger partial charge on any atom is 0.284 e. The molecule has 1 aromatic heterocycles. The van der Waals surface area contributed by atoms with Crippen LogP contribution in [0.15, 0.2) is 46.9 Å². The van der Waals surface area contributed by atoms with Crippen molar-refractivity contribution in [2.24, 2.45) is 0 Å². The van der Waals surface area contributed by atoms with Crippen molar-refractivity contribution in [1.29, 1.82) is 0 Å². The van der Waals surface area contributed by atoms with Crippen molar-refractivity contribution < 1.29 is 9.72 Å². The number of halogens is 1. The van der Waals surface area contributed by atoms with Crippen molar-refractivity contribution in [3.8, 4) is 11.4 Å². The summed E-state index contributed by atoms with van der Waals surface area (Å²) in [6.45, 7) is 0. The maximum atomic E-state index is 12.4. The van der Waals surface area contributed by atoms with E-state index in [1.807, 2.05) is 16.8 Å². The first-order valence-corrected chi connectivity index (χ1v) is 8.96. The third-order valence-electron chi connectivity index (χ3n) is 4.19. The van der Waals surface area contributed by atoms with Crippen LogP contribution in [0.1, 0.15) is 29.2 Å². The lowest BCUT2D eigenvalue weighted by molar-refractivity contribution is -0.385. The molecule has 1 aliphatic rings. The SMILES string of the molecule is O=C(Nc1ccc(-c2nnnn2C2CC2)cc1)c1ccc(Br)c([N+](=O)[O-])c1. The third-order valence-corrected chi connectivity index (χ3v) is 4.86. The van der Waals surface area contributed by atoms with Crippen LogP contribution in [-0.2, 0) is 0 Å². The molecule has 1 heterocycles. The Balaban J connectivity index is 1.51. The van der Waals surface area contributed by atoms with E-state index in [2.05, 4.69) is 36.8 Å². The number of benzene rings is 2. The van der Waals surface area contributed by atoms with E-state index < -0.39 is 10.8 Å². The molecule has 136 valence electrons. The summed E-state index contributed by atoms with van der Waals surface area (Å²) in [7, 11) is 0. The molecule has 0 atom stereocenters. The van der Waals surface area contributed by atoms with Crippen molar-refractivity contribution in [3.63, 3.8) is 0 Å². The van der Waals surface area contributed by atoms with Gasteiger partial charge in [0, 0.05) is 22.9 Å². The van der Waals surface area contributed by atoms with Gasteiger partial charge >= 0.3 is 0 Å². The number of nitrogens with zero attached hydrogens (tertiary/aromatic N) is 5. The van der Waals surface area contributed by atoms with Crippen LogP contribution < -0.4 is 5.32 Å². The number of carbonyl (C=O) groups excluding carboxylic acids is 1. The van der Waals surface area contributed by atoms with E-state index in [1.165, 1.54) is 18.2 Å². The zero-order valence-corrected chi connectivity index (χ0v) is 15.5.